The molecule has 2 N–H and O–H groups in total. The van der Waals surface area contributed by atoms with Crippen LogP contribution in [0.4, 0.5) is 4.39 Å². The molecule has 0 heterocycles. The third-order valence-electron chi connectivity index (χ3n) is 2.42. The van der Waals surface area contributed by atoms with Crippen LogP contribution in [0.15, 0.2) is 30.9 Å². The maximum atomic E-state index is 12.9. The maximum Gasteiger partial charge on any atom is 0.243 e. The number of nitrogens with one attached hydrogen (secondary N) is 2. The van der Waals surface area contributed by atoms with Gasteiger partial charge in [0, 0.05) is 5.02 Å². The summed E-state index contributed by atoms with van der Waals surface area (Å²) < 4.78 is 12.9. The lowest BCUT2D eigenvalue weighted by molar-refractivity contribution is -0.124. The lowest BCUT2D eigenvalue weighted by Gasteiger charge is -2.15. The van der Waals surface area contributed by atoms with Gasteiger partial charge < -0.3 is 10.6 Å². The molecule has 4 nitrogen and oxygen atoms in total. The predicted molar refractivity (Wildman–Crippen MR) is 71.2 cm³/mol. The van der Waals surface area contributed by atoms with Crippen LogP contribution in [0.3, 0.4) is 0 Å². The minimum Gasteiger partial charge on any atom is -0.348 e. The fourth-order valence-electron chi connectivity index (χ4n) is 1.46. The van der Waals surface area contributed by atoms with E-state index in [0.29, 0.717) is 5.56 Å². The van der Waals surface area contributed by atoms with Crippen molar-refractivity contribution in [2.45, 2.75) is 13.0 Å². The molecule has 0 aromatic heterocycles. The molecule has 0 fully saturated rings. The zero-order valence-corrected chi connectivity index (χ0v) is 11.1. The number of carbonyl (C=O) groups excluding carboxylic acids is 2. The predicted octanol–water partition coefficient (Wildman–Crippen LogP) is 1.96. The number of hydrogen-bond donors (Lipinski definition) is 2. The molecule has 0 aliphatic heterocycles. The van der Waals surface area contributed by atoms with Crippen LogP contribution >= 0.6 is 11.6 Å². The van der Waals surface area contributed by atoms with Gasteiger partial charge in [-0.05, 0) is 30.7 Å². The number of halogens is 2. The second kappa shape index (κ2) is 6.89. The molecule has 0 bridgehead atoms. The molecule has 0 saturated carbocycles. The number of rotatable bonds is 5. The van der Waals surface area contributed by atoms with E-state index < -0.39 is 11.7 Å². The van der Waals surface area contributed by atoms with E-state index in [2.05, 4.69) is 17.2 Å². The Balaban J connectivity index is 2.59. The Kier molecular flexibility index (Phi) is 5.51. The van der Waals surface area contributed by atoms with Gasteiger partial charge in [-0.2, -0.15) is 0 Å². The van der Waals surface area contributed by atoms with Crippen molar-refractivity contribution in [2.24, 2.45) is 0 Å². The summed E-state index contributed by atoms with van der Waals surface area (Å²) in [6.07, 6.45) is 1.08. The van der Waals surface area contributed by atoms with Crippen molar-refractivity contribution < 1.29 is 14.0 Å². The van der Waals surface area contributed by atoms with Crippen LogP contribution < -0.4 is 10.6 Å². The van der Waals surface area contributed by atoms with Crippen molar-refractivity contribution in [3.63, 3.8) is 0 Å². The molecule has 0 spiro atoms. The van der Waals surface area contributed by atoms with Crippen molar-refractivity contribution >= 4 is 23.4 Å². The molecule has 1 atom stereocenters. The first kappa shape index (κ1) is 15.2. The Morgan fingerprint density at radius 2 is 2.21 bits per heavy atom. The number of amides is 2. The first-order valence-corrected chi connectivity index (χ1v) is 5.96. The smallest absolute Gasteiger partial charge is 0.243 e. The van der Waals surface area contributed by atoms with Gasteiger partial charge in [0.1, 0.15) is 5.82 Å². The van der Waals surface area contributed by atoms with E-state index in [9.17, 15) is 14.0 Å². The Labute approximate surface area is 115 Å². The van der Waals surface area contributed by atoms with E-state index in [-0.39, 0.29) is 23.5 Å². The minimum atomic E-state index is -0.439. The van der Waals surface area contributed by atoms with Crippen molar-refractivity contribution in [1.82, 2.24) is 10.6 Å². The standard InChI is InChI=1S/C13H14ClFN2O2/c1-3-12(18)16-7-13(19)17-8(2)10-5-4-9(15)6-11(10)14/h3-6,8H,1,7H2,2H3,(H,16,18)(H,17,19)/t8-/m1/s1. The van der Waals surface area contributed by atoms with Gasteiger partial charge in [-0.25, -0.2) is 4.39 Å². The SMILES string of the molecule is C=CC(=O)NCC(=O)N[C@H](C)c1ccc(F)cc1Cl. The van der Waals surface area contributed by atoms with Gasteiger partial charge in [0.25, 0.3) is 0 Å². The molecule has 6 heteroatoms. The van der Waals surface area contributed by atoms with Crippen molar-refractivity contribution in [2.75, 3.05) is 6.54 Å². The molecule has 0 saturated heterocycles. The van der Waals surface area contributed by atoms with Crippen LogP contribution in [0.25, 0.3) is 0 Å². The van der Waals surface area contributed by atoms with Crippen LogP contribution in [0.1, 0.15) is 18.5 Å². The molecule has 1 aromatic carbocycles. The normalized spacial score (nSPS) is 11.5. The number of hydrogen-bond acceptors (Lipinski definition) is 2. The van der Waals surface area contributed by atoms with E-state index in [1.54, 1.807) is 6.92 Å². The highest BCUT2D eigenvalue weighted by atomic mass is 35.5. The molecule has 102 valence electrons. The molecule has 1 rings (SSSR count). The van der Waals surface area contributed by atoms with Crippen LogP contribution in [-0.4, -0.2) is 18.4 Å². The minimum absolute atomic E-state index is 0.159. The highest BCUT2D eigenvalue weighted by Crippen LogP contribution is 2.23. The molecule has 0 radical (unpaired) electrons. The van der Waals surface area contributed by atoms with Gasteiger partial charge in [0.2, 0.25) is 11.8 Å². The summed E-state index contributed by atoms with van der Waals surface area (Å²) in [4.78, 5) is 22.4. The Morgan fingerprint density at radius 3 is 2.79 bits per heavy atom. The van der Waals surface area contributed by atoms with Gasteiger partial charge in [0.05, 0.1) is 12.6 Å². The largest absolute Gasteiger partial charge is 0.348 e. The third kappa shape index (κ3) is 4.71. The Morgan fingerprint density at radius 1 is 1.53 bits per heavy atom. The molecule has 0 aliphatic rings. The van der Waals surface area contributed by atoms with Crippen molar-refractivity contribution in [1.29, 1.82) is 0 Å². The average molecular weight is 285 g/mol. The van der Waals surface area contributed by atoms with E-state index >= 15 is 0 Å². The van der Waals surface area contributed by atoms with E-state index in [0.717, 1.165) is 6.08 Å². The first-order valence-electron chi connectivity index (χ1n) is 5.58. The van der Waals surface area contributed by atoms with Gasteiger partial charge in [-0.3, -0.25) is 9.59 Å². The van der Waals surface area contributed by atoms with Gasteiger partial charge in [0.15, 0.2) is 0 Å². The quantitative estimate of drug-likeness (QED) is 0.812. The summed E-state index contributed by atoms with van der Waals surface area (Å²) in [6, 6.07) is 3.56. The average Bonchev–Trinajstić information content (AvgIpc) is 2.35. The summed E-state index contributed by atoms with van der Waals surface area (Å²) in [6.45, 7) is 4.83. The van der Waals surface area contributed by atoms with Crippen LogP contribution in [-0.2, 0) is 9.59 Å². The van der Waals surface area contributed by atoms with Crippen LogP contribution in [0.5, 0.6) is 0 Å². The van der Waals surface area contributed by atoms with Gasteiger partial charge >= 0.3 is 0 Å². The highest BCUT2D eigenvalue weighted by molar-refractivity contribution is 6.31. The van der Waals surface area contributed by atoms with Gasteiger partial charge in [-0.15, -0.1) is 0 Å². The molecule has 19 heavy (non-hydrogen) atoms. The zero-order chi connectivity index (χ0) is 14.4. The fraction of sp³-hybridized carbons (Fsp3) is 0.231. The van der Waals surface area contributed by atoms with Crippen LogP contribution in [0.2, 0.25) is 5.02 Å². The number of benzene rings is 1. The summed E-state index contributed by atoms with van der Waals surface area (Å²) in [5.74, 6) is -1.24. The zero-order valence-electron chi connectivity index (χ0n) is 10.4. The molecule has 0 aliphatic carbocycles. The van der Waals surface area contributed by atoms with Crippen molar-refractivity contribution in [3.05, 3.63) is 47.3 Å². The molecular formula is C13H14ClFN2O2. The molecular weight excluding hydrogens is 271 g/mol. The topological polar surface area (TPSA) is 58.2 Å². The fourth-order valence-corrected chi connectivity index (χ4v) is 1.79. The Bertz CT molecular complexity index is 505. The van der Waals surface area contributed by atoms with E-state index in [4.69, 9.17) is 11.6 Å². The highest BCUT2D eigenvalue weighted by Gasteiger charge is 2.13. The third-order valence-corrected chi connectivity index (χ3v) is 2.74. The summed E-state index contributed by atoms with van der Waals surface area (Å²) in [7, 11) is 0. The summed E-state index contributed by atoms with van der Waals surface area (Å²) >= 11 is 5.88. The Hall–Kier alpha value is -1.88. The summed E-state index contributed by atoms with van der Waals surface area (Å²) in [5, 5.41) is 5.23. The molecule has 1 aromatic rings. The summed E-state index contributed by atoms with van der Waals surface area (Å²) in [5.41, 5.74) is 0.603. The maximum absolute atomic E-state index is 12.9. The number of carbonyl (C=O) groups is 2. The monoisotopic (exact) mass is 284 g/mol. The second-order valence-electron chi connectivity index (χ2n) is 3.88. The second-order valence-corrected chi connectivity index (χ2v) is 4.28. The van der Waals surface area contributed by atoms with Crippen molar-refractivity contribution in [3.8, 4) is 0 Å². The van der Waals surface area contributed by atoms with E-state index in [1.165, 1.54) is 18.2 Å². The molecule has 0 unspecified atom stereocenters. The first-order chi connectivity index (χ1) is 8.93. The van der Waals surface area contributed by atoms with E-state index in [1.807, 2.05) is 0 Å². The lowest BCUT2D eigenvalue weighted by atomic mass is 10.1. The lowest BCUT2D eigenvalue weighted by Crippen LogP contribution is -2.37. The molecule has 2 amide bonds. The van der Waals surface area contributed by atoms with Crippen LogP contribution in [0, 0.1) is 5.82 Å². The van der Waals surface area contributed by atoms with Gasteiger partial charge in [-0.1, -0.05) is 24.2 Å².